The van der Waals surface area contributed by atoms with Gasteiger partial charge in [0.15, 0.2) is 0 Å². The molecule has 1 unspecified atom stereocenters. The molecule has 1 saturated heterocycles. The number of nitrogens with zero attached hydrogens (tertiary/aromatic N) is 1. The van der Waals surface area contributed by atoms with E-state index in [4.69, 9.17) is 14.3 Å². The van der Waals surface area contributed by atoms with Crippen LogP contribution >= 0.6 is 0 Å². The van der Waals surface area contributed by atoms with Crippen molar-refractivity contribution in [3.05, 3.63) is 35.6 Å². The highest BCUT2D eigenvalue weighted by molar-refractivity contribution is 5.91. The molecule has 0 aliphatic carbocycles. The molecule has 1 fully saturated rings. The third kappa shape index (κ3) is 2.55. The first-order valence-corrected chi connectivity index (χ1v) is 6.71. The number of carbonyl (C=O) groups is 1. The Hall–Kier alpha value is -1.85. The molecule has 1 N–H and O–H groups in total. The van der Waals surface area contributed by atoms with E-state index in [1.807, 2.05) is 18.2 Å². The van der Waals surface area contributed by atoms with E-state index in [-0.39, 0.29) is 5.76 Å². The molecule has 3 rings (SSSR count). The van der Waals surface area contributed by atoms with Gasteiger partial charge in [-0.25, -0.2) is 4.79 Å². The minimum Gasteiger partial charge on any atom is -0.475 e. The molecule has 0 radical (unpaired) electrons. The maximum absolute atomic E-state index is 10.9. The van der Waals surface area contributed by atoms with Crippen LogP contribution in [0.25, 0.3) is 11.0 Å². The lowest BCUT2D eigenvalue weighted by molar-refractivity contribution is -0.00435. The Morgan fingerprint density at radius 2 is 2.30 bits per heavy atom. The van der Waals surface area contributed by atoms with E-state index >= 15 is 0 Å². The van der Waals surface area contributed by atoms with Crippen LogP contribution in [-0.4, -0.2) is 41.8 Å². The third-order valence-electron chi connectivity index (χ3n) is 3.68. The molecule has 5 nitrogen and oxygen atoms in total. The molecule has 0 bridgehead atoms. The van der Waals surface area contributed by atoms with Crippen molar-refractivity contribution in [3.8, 4) is 0 Å². The first-order valence-electron chi connectivity index (χ1n) is 6.71. The topological polar surface area (TPSA) is 62.9 Å². The molecule has 0 saturated carbocycles. The molecule has 20 heavy (non-hydrogen) atoms. The average molecular weight is 275 g/mol. The van der Waals surface area contributed by atoms with E-state index in [0.29, 0.717) is 11.6 Å². The van der Waals surface area contributed by atoms with Gasteiger partial charge in [0.1, 0.15) is 5.58 Å². The van der Waals surface area contributed by atoms with E-state index in [2.05, 4.69) is 11.8 Å². The number of hydrogen-bond acceptors (Lipinski definition) is 4. The van der Waals surface area contributed by atoms with Crippen molar-refractivity contribution < 1.29 is 19.1 Å². The lowest BCUT2D eigenvalue weighted by Gasteiger charge is -2.33. The number of hydrogen-bond donors (Lipinski definition) is 1. The Kier molecular flexibility index (Phi) is 3.46. The molecule has 1 aliphatic heterocycles. The molecular formula is C15H17NO4. The fraction of sp³-hybridized carbons (Fsp3) is 0.400. The molecular weight excluding hydrogens is 258 g/mol. The quantitative estimate of drug-likeness (QED) is 0.931. The summed E-state index contributed by atoms with van der Waals surface area (Å²) in [6, 6.07) is 7.79. The standard InChI is InChI=1S/C15H17NO4/c1-10-9-19-5-4-16(10)8-11-2-3-13-12(6-11)7-14(20-13)15(17)18/h2-3,6-7,10H,4-5,8-9H2,1H3,(H,17,18). The minimum absolute atomic E-state index is 0.0168. The Morgan fingerprint density at radius 3 is 3.05 bits per heavy atom. The lowest BCUT2D eigenvalue weighted by Crippen LogP contribution is -2.42. The molecule has 2 heterocycles. The number of fused-ring (bicyclic) bond motifs is 1. The highest BCUT2D eigenvalue weighted by Crippen LogP contribution is 2.22. The van der Waals surface area contributed by atoms with Gasteiger partial charge in [0.05, 0.1) is 13.2 Å². The Balaban J connectivity index is 1.83. The molecule has 2 aromatic rings. The number of furan rings is 1. The van der Waals surface area contributed by atoms with Crippen LogP contribution in [0.5, 0.6) is 0 Å². The monoisotopic (exact) mass is 275 g/mol. The summed E-state index contributed by atoms with van der Waals surface area (Å²) in [5, 5.41) is 9.77. The number of carboxylic acids is 1. The van der Waals surface area contributed by atoms with Crippen molar-refractivity contribution in [2.45, 2.75) is 19.5 Å². The normalized spacial score (nSPS) is 20.4. The molecule has 1 aliphatic rings. The van der Waals surface area contributed by atoms with Gasteiger partial charge >= 0.3 is 5.97 Å². The van der Waals surface area contributed by atoms with Crippen LogP contribution in [-0.2, 0) is 11.3 Å². The van der Waals surface area contributed by atoms with Gasteiger partial charge in [0.25, 0.3) is 0 Å². The predicted molar refractivity (Wildman–Crippen MR) is 73.9 cm³/mol. The van der Waals surface area contributed by atoms with Crippen molar-refractivity contribution in [1.29, 1.82) is 0 Å². The number of aromatic carboxylic acids is 1. The smallest absolute Gasteiger partial charge is 0.371 e. The van der Waals surface area contributed by atoms with Gasteiger partial charge in [0.2, 0.25) is 5.76 Å². The minimum atomic E-state index is -1.04. The van der Waals surface area contributed by atoms with Gasteiger partial charge < -0.3 is 14.3 Å². The van der Waals surface area contributed by atoms with Crippen LogP contribution in [0.4, 0.5) is 0 Å². The maximum atomic E-state index is 10.9. The Morgan fingerprint density at radius 1 is 1.45 bits per heavy atom. The second kappa shape index (κ2) is 5.26. The summed E-state index contributed by atoms with van der Waals surface area (Å²) in [7, 11) is 0. The molecule has 5 heteroatoms. The van der Waals surface area contributed by atoms with E-state index in [0.717, 1.165) is 37.3 Å². The zero-order chi connectivity index (χ0) is 14.1. The number of morpholine rings is 1. The van der Waals surface area contributed by atoms with E-state index < -0.39 is 5.97 Å². The van der Waals surface area contributed by atoms with Gasteiger partial charge in [-0.1, -0.05) is 6.07 Å². The number of rotatable bonds is 3. The van der Waals surface area contributed by atoms with Gasteiger partial charge in [-0.3, -0.25) is 4.90 Å². The highest BCUT2D eigenvalue weighted by Gasteiger charge is 2.19. The average Bonchev–Trinajstić information content (AvgIpc) is 2.85. The Bertz CT molecular complexity index is 634. The number of carboxylic acid groups (broad SMARTS) is 1. The predicted octanol–water partition coefficient (Wildman–Crippen LogP) is 2.35. The fourth-order valence-electron chi connectivity index (χ4n) is 2.53. The molecule has 1 aromatic carbocycles. The maximum Gasteiger partial charge on any atom is 0.371 e. The molecule has 0 spiro atoms. The summed E-state index contributed by atoms with van der Waals surface area (Å²) in [4.78, 5) is 13.3. The largest absolute Gasteiger partial charge is 0.475 e. The van der Waals surface area contributed by atoms with E-state index in [9.17, 15) is 4.79 Å². The van der Waals surface area contributed by atoms with Crippen molar-refractivity contribution in [1.82, 2.24) is 4.90 Å². The first-order chi connectivity index (χ1) is 9.63. The van der Waals surface area contributed by atoms with Crippen molar-refractivity contribution in [2.75, 3.05) is 19.8 Å². The number of benzene rings is 1. The SMILES string of the molecule is CC1COCCN1Cc1ccc2oc(C(=O)O)cc2c1. The van der Waals surface area contributed by atoms with Crippen molar-refractivity contribution in [2.24, 2.45) is 0 Å². The summed E-state index contributed by atoms with van der Waals surface area (Å²) in [5.74, 6) is -1.05. The van der Waals surface area contributed by atoms with E-state index in [1.54, 1.807) is 6.07 Å². The second-order valence-corrected chi connectivity index (χ2v) is 5.18. The zero-order valence-corrected chi connectivity index (χ0v) is 11.3. The number of ether oxygens (including phenoxy) is 1. The summed E-state index contributed by atoms with van der Waals surface area (Å²) in [6.07, 6.45) is 0. The lowest BCUT2D eigenvalue weighted by atomic mass is 10.1. The van der Waals surface area contributed by atoms with Gasteiger partial charge in [-0.15, -0.1) is 0 Å². The molecule has 106 valence electrons. The van der Waals surface area contributed by atoms with Crippen LogP contribution in [0.2, 0.25) is 0 Å². The van der Waals surface area contributed by atoms with Crippen LogP contribution in [0.3, 0.4) is 0 Å². The summed E-state index contributed by atoms with van der Waals surface area (Å²) in [5.41, 5.74) is 1.77. The third-order valence-corrected chi connectivity index (χ3v) is 3.68. The van der Waals surface area contributed by atoms with Crippen LogP contribution in [0.15, 0.2) is 28.7 Å². The molecule has 1 atom stereocenters. The first kappa shape index (κ1) is 13.1. The molecule has 1 aromatic heterocycles. The van der Waals surface area contributed by atoms with Crippen molar-refractivity contribution in [3.63, 3.8) is 0 Å². The van der Waals surface area contributed by atoms with E-state index in [1.165, 1.54) is 0 Å². The Labute approximate surface area is 116 Å². The van der Waals surface area contributed by atoms with Gasteiger partial charge in [-0.2, -0.15) is 0 Å². The van der Waals surface area contributed by atoms with Crippen LogP contribution in [0, 0.1) is 0 Å². The summed E-state index contributed by atoms with van der Waals surface area (Å²) in [6.45, 7) is 5.44. The highest BCUT2D eigenvalue weighted by atomic mass is 16.5. The second-order valence-electron chi connectivity index (χ2n) is 5.18. The van der Waals surface area contributed by atoms with Gasteiger partial charge in [0, 0.05) is 24.5 Å². The van der Waals surface area contributed by atoms with Crippen LogP contribution in [0.1, 0.15) is 23.0 Å². The van der Waals surface area contributed by atoms with Crippen LogP contribution < -0.4 is 0 Å². The summed E-state index contributed by atoms with van der Waals surface area (Å²) >= 11 is 0. The zero-order valence-electron chi connectivity index (χ0n) is 11.3. The fourth-order valence-corrected chi connectivity index (χ4v) is 2.53. The molecule has 0 amide bonds. The van der Waals surface area contributed by atoms with Crippen molar-refractivity contribution >= 4 is 16.9 Å². The summed E-state index contributed by atoms with van der Waals surface area (Å²) < 4.78 is 10.7. The van der Waals surface area contributed by atoms with Gasteiger partial charge in [-0.05, 0) is 30.7 Å².